The summed E-state index contributed by atoms with van der Waals surface area (Å²) in [5.74, 6) is 0.355. The van der Waals surface area contributed by atoms with Crippen LogP contribution in [0.2, 0.25) is 0 Å². The minimum Gasteiger partial charge on any atom is -0.366 e. The van der Waals surface area contributed by atoms with Crippen LogP contribution in [0.3, 0.4) is 0 Å². The maximum atomic E-state index is 14.5. The van der Waals surface area contributed by atoms with Crippen LogP contribution in [0.25, 0.3) is 0 Å². The van der Waals surface area contributed by atoms with Crippen LogP contribution in [0.15, 0.2) is 67.0 Å². The third-order valence-electron chi connectivity index (χ3n) is 5.29. The van der Waals surface area contributed by atoms with Gasteiger partial charge in [0.15, 0.2) is 5.82 Å². The number of halogens is 2. The van der Waals surface area contributed by atoms with Crippen molar-refractivity contribution in [2.45, 2.75) is 30.2 Å². The molecule has 0 N–H and O–H groups in total. The molecule has 3 nitrogen and oxygen atoms in total. The number of allylic oxidation sites excluding steroid dienone is 3. The molecule has 26 heavy (non-hydrogen) atoms. The summed E-state index contributed by atoms with van der Waals surface area (Å²) >= 11 is 7.11. The zero-order chi connectivity index (χ0) is 18.0. The van der Waals surface area contributed by atoms with Crippen LogP contribution in [0.4, 0.5) is 10.1 Å². The number of anilines is 1. The van der Waals surface area contributed by atoms with Crippen LogP contribution in [-0.2, 0) is 4.87 Å². The van der Waals surface area contributed by atoms with E-state index in [2.05, 4.69) is 20.9 Å². The van der Waals surface area contributed by atoms with Crippen molar-refractivity contribution in [1.29, 1.82) is 0 Å². The lowest BCUT2D eigenvalue weighted by Crippen LogP contribution is -2.50. The number of aromatic nitrogens is 2. The fourth-order valence-electron chi connectivity index (χ4n) is 4.07. The van der Waals surface area contributed by atoms with Crippen LogP contribution in [0.5, 0.6) is 0 Å². The minimum absolute atomic E-state index is 0.0449. The van der Waals surface area contributed by atoms with Crippen molar-refractivity contribution < 1.29 is 4.39 Å². The quantitative estimate of drug-likeness (QED) is 0.724. The van der Waals surface area contributed by atoms with E-state index in [1.54, 1.807) is 24.5 Å². The van der Waals surface area contributed by atoms with Gasteiger partial charge >= 0.3 is 0 Å². The second kappa shape index (κ2) is 7.20. The number of hydrogen-bond donors (Lipinski definition) is 0. The number of hydrogen-bond acceptors (Lipinski definition) is 3. The lowest BCUT2D eigenvalue weighted by molar-refractivity contribution is 0.332. The van der Waals surface area contributed by atoms with Gasteiger partial charge < -0.3 is 4.90 Å². The van der Waals surface area contributed by atoms with E-state index < -0.39 is 4.87 Å². The molecule has 4 rings (SSSR count). The molecule has 1 aliphatic heterocycles. The molecule has 3 unspecified atom stereocenters. The second-order valence-corrected chi connectivity index (χ2v) is 7.44. The highest BCUT2D eigenvalue weighted by molar-refractivity contribution is 6.25. The molecule has 0 radical (unpaired) electrons. The van der Waals surface area contributed by atoms with Crippen molar-refractivity contribution in [2.75, 3.05) is 11.4 Å². The Hall–Kier alpha value is -2.20. The summed E-state index contributed by atoms with van der Waals surface area (Å²) < 4.78 is 14.5. The van der Waals surface area contributed by atoms with Gasteiger partial charge in [0.1, 0.15) is 10.7 Å². The van der Waals surface area contributed by atoms with Gasteiger partial charge in [-0.1, -0.05) is 36.4 Å². The van der Waals surface area contributed by atoms with Gasteiger partial charge in [-0.2, -0.15) is 0 Å². The van der Waals surface area contributed by atoms with E-state index in [0.29, 0.717) is 11.5 Å². The standard InChI is InChI=1S/C21H21ClFN3/c22-21(20-24-13-7-14-25-20)12-5-3-8-16(21)18-10-4-6-15-26(18)19-11-2-1-9-17(19)23/h1-3,5,7-9,11-14,16,18H,4,6,10,15H2. The topological polar surface area (TPSA) is 29.0 Å². The molecule has 0 spiro atoms. The zero-order valence-electron chi connectivity index (χ0n) is 14.4. The molecule has 2 heterocycles. The lowest BCUT2D eigenvalue weighted by atomic mass is 9.77. The summed E-state index contributed by atoms with van der Waals surface area (Å²) in [5.41, 5.74) is 0.646. The van der Waals surface area contributed by atoms with Crippen molar-refractivity contribution in [3.63, 3.8) is 0 Å². The van der Waals surface area contributed by atoms with Gasteiger partial charge in [0.25, 0.3) is 0 Å². The molecular weight excluding hydrogens is 349 g/mol. The minimum atomic E-state index is -0.832. The van der Waals surface area contributed by atoms with Gasteiger partial charge in [-0.25, -0.2) is 14.4 Å². The molecule has 0 bridgehead atoms. The fraction of sp³-hybridized carbons (Fsp3) is 0.333. The number of benzene rings is 1. The van der Waals surface area contributed by atoms with E-state index in [-0.39, 0.29) is 17.8 Å². The Labute approximate surface area is 158 Å². The summed E-state index contributed by atoms with van der Waals surface area (Å²) in [5, 5.41) is 0. The van der Waals surface area contributed by atoms with Crippen LogP contribution in [-0.4, -0.2) is 22.6 Å². The molecule has 0 amide bonds. The maximum Gasteiger partial charge on any atom is 0.153 e. The Balaban J connectivity index is 1.74. The van der Waals surface area contributed by atoms with E-state index in [4.69, 9.17) is 11.6 Å². The van der Waals surface area contributed by atoms with Gasteiger partial charge in [0.05, 0.1) is 5.69 Å². The van der Waals surface area contributed by atoms with Gasteiger partial charge in [-0.3, -0.25) is 0 Å². The third kappa shape index (κ3) is 3.03. The second-order valence-electron chi connectivity index (χ2n) is 6.82. The van der Waals surface area contributed by atoms with E-state index in [1.165, 1.54) is 6.07 Å². The number of alkyl halides is 1. The van der Waals surface area contributed by atoms with Crippen molar-refractivity contribution >= 4 is 17.3 Å². The van der Waals surface area contributed by atoms with Crippen LogP contribution < -0.4 is 4.90 Å². The molecule has 134 valence electrons. The molecule has 1 aromatic heterocycles. The fourth-order valence-corrected chi connectivity index (χ4v) is 4.46. The van der Waals surface area contributed by atoms with Crippen LogP contribution in [0, 0.1) is 11.7 Å². The lowest BCUT2D eigenvalue weighted by Gasteiger charge is -2.46. The summed E-state index contributed by atoms with van der Waals surface area (Å²) in [6.07, 6.45) is 14.6. The highest BCUT2D eigenvalue weighted by Gasteiger charge is 2.45. The Morgan fingerprint density at radius 1 is 1.08 bits per heavy atom. The first-order valence-electron chi connectivity index (χ1n) is 9.04. The summed E-state index contributed by atoms with van der Waals surface area (Å²) in [6, 6.07) is 8.85. The first kappa shape index (κ1) is 17.2. The van der Waals surface area contributed by atoms with Crippen molar-refractivity contribution in [1.82, 2.24) is 9.97 Å². The van der Waals surface area contributed by atoms with Crippen LogP contribution in [0.1, 0.15) is 25.1 Å². The molecule has 5 heteroatoms. The molecule has 1 fully saturated rings. The molecule has 2 aliphatic rings. The predicted octanol–water partition coefficient (Wildman–Crippen LogP) is 4.85. The Bertz CT molecular complexity index is 823. The molecular formula is C21H21ClFN3. The molecule has 1 aliphatic carbocycles. The first-order chi connectivity index (χ1) is 12.7. The average Bonchev–Trinajstić information content (AvgIpc) is 2.70. The normalized spacial score (nSPS) is 28.3. The van der Waals surface area contributed by atoms with Gasteiger partial charge in [-0.15, -0.1) is 11.6 Å². The van der Waals surface area contributed by atoms with Crippen molar-refractivity contribution in [3.8, 4) is 0 Å². The zero-order valence-corrected chi connectivity index (χ0v) is 15.2. The Morgan fingerprint density at radius 3 is 2.69 bits per heavy atom. The largest absolute Gasteiger partial charge is 0.366 e. The summed E-state index contributed by atoms with van der Waals surface area (Å²) in [4.78, 5) is 10.2. The molecule has 1 saturated heterocycles. The van der Waals surface area contributed by atoms with Crippen molar-refractivity contribution in [3.05, 3.63) is 78.7 Å². The number of rotatable bonds is 3. The Kier molecular flexibility index (Phi) is 4.77. The highest BCUT2D eigenvalue weighted by atomic mass is 35.5. The number of nitrogens with zero attached hydrogens (tertiary/aromatic N) is 3. The monoisotopic (exact) mass is 369 g/mol. The maximum absolute atomic E-state index is 14.5. The average molecular weight is 370 g/mol. The molecule has 3 atom stereocenters. The first-order valence-corrected chi connectivity index (χ1v) is 9.41. The Morgan fingerprint density at radius 2 is 1.88 bits per heavy atom. The van der Waals surface area contributed by atoms with Gasteiger partial charge in [0, 0.05) is 30.9 Å². The summed E-state index contributed by atoms with van der Waals surface area (Å²) in [6.45, 7) is 0.822. The summed E-state index contributed by atoms with van der Waals surface area (Å²) in [7, 11) is 0. The predicted molar refractivity (Wildman–Crippen MR) is 103 cm³/mol. The van der Waals surface area contributed by atoms with E-state index in [0.717, 1.165) is 25.8 Å². The van der Waals surface area contributed by atoms with Crippen molar-refractivity contribution in [2.24, 2.45) is 5.92 Å². The molecule has 0 saturated carbocycles. The number of piperidine rings is 1. The van der Waals surface area contributed by atoms with E-state index in [1.807, 2.05) is 30.4 Å². The van der Waals surface area contributed by atoms with Crippen LogP contribution >= 0.6 is 11.6 Å². The third-order valence-corrected chi connectivity index (χ3v) is 5.83. The van der Waals surface area contributed by atoms with Gasteiger partial charge in [0.2, 0.25) is 0 Å². The number of para-hydroxylation sites is 1. The SMILES string of the molecule is Fc1ccccc1N1CCCCC1C1C=CC=CC1(Cl)c1ncccn1. The molecule has 1 aromatic carbocycles. The van der Waals surface area contributed by atoms with E-state index >= 15 is 0 Å². The smallest absolute Gasteiger partial charge is 0.153 e. The molecule has 2 aromatic rings. The van der Waals surface area contributed by atoms with E-state index in [9.17, 15) is 4.39 Å². The highest BCUT2D eigenvalue weighted by Crippen LogP contribution is 2.45. The van der Waals surface area contributed by atoms with Gasteiger partial charge in [-0.05, 0) is 37.5 Å².